The molecule has 0 atom stereocenters. The molecule has 6 nitrogen and oxygen atoms in total. The van der Waals surface area contributed by atoms with Crippen molar-refractivity contribution in [1.82, 2.24) is 29.9 Å². The minimum absolute atomic E-state index is 0.578. The van der Waals surface area contributed by atoms with Gasteiger partial charge in [0.25, 0.3) is 0 Å². The Kier molecular flexibility index (Phi) is 8.24. The smallest absolute Gasteiger partial charge is 0.164 e. The van der Waals surface area contributed by atoms with E-state index in [0.717, 1.165) is 44.5 Å². The van der Waals surface area contributed by atoms with E-state index in [1.54, 1.807) is 11.3 Å². The molecule has 3 heterocycles. The minimum Gasteiger partial charge on any atom is -0.208 e. The molecule has 10 rings (SSSR count). The van der Waals surface area contributed by atoms with Gasteiger partial charge >= 0.3 is 0 Å². The lowest BCUT2D eigenvalue weighted by Gasteiger charge is -2.14. The van der Waals surface area contributed by atoms with Gasteiger partial charge in [0.15, 0.2) is 34.9 Å². The number of thiophene rings is 1. The van der Waals surface area contributed by atoms with Crippen molar-refractivity contribution in [2.75, 3.05) is 0 Å². The summed E-state index contributed by atoms with van der Waals surface area (Å²) in [5.74, 6) is 3.60. The lowest BCUT2D eigenvalue weighted by Crippen LogP contribution is -2.02. The van der Waals surface area contributed by atoms with Crippen molar-refractivity contribution in [3.63, 3.8) is 0 Å². The normalized spacial score (nSPS) is 11.3. The van der Waals surface area contributed by atoms with Crippen molar-refractivity contribution < 1.29 is 0 Å². The lowest BCUT2D eigenvalue weighted by molar-refractivity contribution is 1.07. The quantitative estimate of drug-likeness (QED) is 0.163. The molecular formula is C48H30N6S. The summed E-state index contributed by atoms with van der Waals surface area (Å²) in [5.41, 5.74) is 7.41. The maximum atomic E-state index is 5.13. The van der Waals surface area contributed by atoms with E-state index in [1.165, 1.54) is 20.2 Å². The third kappa shape index (κ3) is 6.33. The van der Waals surface area contributed by atoms with Crippen LogP contribution in [0.3, 0.4) is 0 Å². The van der Waals surface area contributed by atoms with Gasteiger partial charge in [0, 0.05) is 53.6 Å². The molecule has 0 spiro atoms. The predicted octanol–water partition coefficient (Wildman–Crippen LogP) is 12.1. The van der Waals surface area contributed by atoms with Gasteiger partial charge in [-0.3, -0.25) is 0 Å². The van der Waals surface area contributed by atoms with Crippen LogP contribution in [-0.2, 0) is 0 Å². The maximum Gasteiger partial charge on any atom is 0.164 e. The van der Waals surface area contributed by atoms with Gasteiger partial charge in [-0.05, 0) is 35.4 Å². The third-order valence-corrected chi connectivity index (χ3v) is 10.7. The Morgan fingerprint density at radius 3 is 1.16 bits per heavy atom. The number of fused-ring (bicyclic) bond motifs is 3. The first kappa shape index (κ1) is 32.4. The molecule has 7 heteroatoms. The average molecular weight is 723 g/mol. The topological polar surface area (TPSA) is 77.3 Å². The van der Waals surface area contributed by atoms with E-state index < -0.39 is 0 Å². The molecule has 0 fully saturated rings. The van der Waals surface area contributed by atoms with Crippen molar-refractivity contribution in [1.29, 1.82) is 0 Å². The van der Waals surface area contributed by atoms with Crippen LogP contribution in [0, 0.1) is 0 Å². The molecule has 7 aromatic carbocycles. The summed E-state index contributed by atoms with van der Waals surface area (Å²) in [6.07, 6.45) is 0. The van der Waals surface area contributed by atoms with E-state index in [1.807, 2.05) is 121 Å². The molecule has 0 saturated carbocycles. The first-order valence-corrected chi connectivity index (χ1v) is 18.9. The fourth-order valence-electron chi connectivity index (χ4n) is 6.88. The Bertz CT molecular complexity index is 2850. The van der Waals surface area contributed by atoms with Gasteiger partial charge in [-0.1, -0.05) is 158 Å². The van der Waals surface area contributed by atoms with Gasteiger partial charge in [-0.25, -0.2) is 29.9 Å². The monoisotopic (exact) mass is 722 g/mol. The molecule has 0 aliphatic rings. The molecule has 258 valence electrons. The largest absolute Gasteiger partial charge is 0.208 e. The zero-order valence-corrected chi connectivity index (χ0v) is 30.2. The second-order valence-corrected chi connectivity index (χ2v) is 14.2. The summed E-state index contributed by atoms with van der Waals surface area (Å²) in [4.78, 5) is 30.3. The van der Waals surface area contributed by atoms with Crippen LogP contribution < -0.4 is 0 Å². The van der Waals surface area contributed by atoms with Gasteiger partial charge in [0.1, 0.15) is 0 Å². The first-order valence-electron chi connectivity index (χ1n) is 18.0. The van der Waals surface area contributed by atoms with E-state index in [2.05, 4.69) is 60.7 Å². The zero-order valence-electron chi connectivity index (χ0n) is 29.4. The number of rotatable bonds is 7. The summed E-state index contributed by atoms with van der Waals surface area (Å²) >= 11 is 1.80. The van der Waals surface area contributed by atoms with Crippen molar-refractivity contribution in [2.24, 2.45) is 0 Å². The highest BCUT2D eigenvalue weighted by molar-refractivity contribution is 7.25. The van der Waals surface area contributed by atoms with Crippen molar-refractivity contribution >= 4 is 31.5 Å². The second-order valence-electron chi connectivity index (χ2n) is 13.1. The van der Waals surface area contributed by atoms with Gasteiger partial charge in [-0.2, -0.15) is 0 Å². The summed E-state index contributed by atoms with van der Waals surface area (Å²) < 4.78 is 2.46. The van der Waals surface area contributed by atoms with E-state index in [9.17, 15) is 0 Å². The average Bonchev–Trinajstić information content (AvgIpc) is 3.65. The number of aromatic nitrogens is 6. The first-order chi connectivity index (χ1) is 27.2. The predicted molar refractivity (Wildman–Crippen MR) is 224 cm³/mol. The molecule has 0 bridgehead atoms. The molecule has 55 heavy (non-hydrogen) atoms. The van der Waals surface area contributed by atoms with E-state index in [-0.39, 0.29) is 0 Å². The Morgan fingerprint density at radius 1 is 0.255 bits per heavy atom. The van der Waals surface area contributed by atoms with Gasteiger partial charge < -0.3 is 0 Å². The molecule has 10 aromatic rings. The summed E-state index contributed by atoms with van der Waals surface area (Å²) in [5, 5.41) is 2.49. The lowest BCUT2D eigenvalue weighted by atomic mass is 9.95. The Hall–Kier alpha value is -7.22. The standard InChI is InChI=1S/C48H30N6S/c1-5-15-31(16-6-1)43-49-44(32-17-7-2-8-18-32)52-47(51-43)36-26-28-39(40(29-36)35-25-27-38-37-23-13-14-24-41(37)55-42(38)30-35)48-53-45(33-19-9-3-10-20-33)50-46(54-48)34-21-11-4-12-22-34/h1-30H. The zero-order chi connectivity index (χ0) is 36.6. The van der Waals surface area contributed by atoms with Crippen molar-refractivity contribution in [2.45, 2.75) is 0 Å². The number of hydrogen-bond donors (Lipinski definition) is 0. The van der Waals surface area contributed by atoms with E-state index >= 15 is 0 Å². The maximum absolute atomic E-state index is 5.13. The fraction of sp³-hybridized carbons (Fsp3) is 0. The molecule has 0 N–H and O–H groups in total. The van der Waals surface area contributed by atoms with Crippen LogP contribution in [0.1, 0.15) is 0 Å². The SMILES string of the molecule is c1ccc(-c2nc(-c3ccccc3)nc(-c3ccc(-c4nc(-c5ccccc5)nc(-c5ccccc5)n4)c(-c4ccc5c(c4)sc4ccccc45)c3)n2)cc1. The highest BCUT2D eigenvalue weighted by atomic mass is 32.1. The van der Waals surface area contributed by atoms with E-state index in [4.69, 9.17) is 29.9 Å². The Morgan fingerprint density at radius 2 is 0.655 bits per heavy atom. The second kappa shape index (κ2) is 14.0. The number of hydrogen-bond acceptors (Lipinski definition) is 7. The number of benzene rings is 7. The van der Waals surface area contributed by atoms with Crippen LogP contribution in [-0.4, -0.2) is 29.9 Å². The minimum atomic E-state index is 0.578. The van der Waals surface area contributed by atoms with Crippen LogP contribution in [0.4, 0.5) is 0 Å². The van der Waals surface area contributed by atoms with Crippen LogP contribution >= 0.6 is 11.3 Å². The fourth-order valence-corrected chi connectivity index (χ4v) is 8.02. The molecule has 0 aliphatic heterocycles. The summed E-state index contributed by atoms with van der Waals surface area (Å²) in [6, 6.07) is 61.8. The molecule has 0 aliphatic carbocycles. The van der Waals surface area contributed by atoms with Crippen LogP contribution in [0.15, 0.2) is 182 Å². The molecule has 0 radical (unpaired) electrons. The van der Waals surface area contributed by atoms with Crippen LogP contribution in [0.5, 0.6) is 0 Å². The molecule has 3 aromatic heterocycles. The highest BCUT2D eigenvalue weighted by Gasteiger charge is 2.19. The van der Waals surface area contributed by atoms with Gasteiger partial charge in [0.2, 0.25) is 0 Å². The third-order valence-electron chi connectivity index (χ3n) is 9.61. The molecule has 0 saturated heterocycles. The van der Waals surface area contributed by atoms with Crippen molar-refractivity contribution in [3.05, 3.63) is 182 Å². The Labute approximate surface area is 321 Å². The van der Waals surface area contributed by atoms with Gasteiger partial charge in [-0.15, -0.1) is 11.3 Å². The Balaban J connectivity index is 1.21. The highest BCUT2D eigenvalue weighted by Crippen LogP contribution is 2.40. The summed E-state index contributed by atoms with van der Waals surface area (Å²) in [6.45, 7) is 0. The molecular weight excluding hydrogens is 693 g/mol. The number of nitrogens with zero attached hydrogens (tertiary/aromatic N) is 6. The molecule has 0 unspecified atom stereocenters. The molecule has 0 amide bonds. The summed E-state index contributed by atoms with van der Waals surface area (Å²) in [7, 11) is 0. The van der Waals surface area contributed by atoms with Crippen LogP contribution in [0.25, 0.3) is 99.6 Å². The van der Waals surface area contributed by atoms with Crippen molar-refractivity contribution in [3.8, 4) is 79.5 Å². The van der Waals surface area contributed by atoms with Crippen LogP contribution in [0.2, 0.25) is 0 Å². The van der Waals surface area contributed by atoms with Gasteiger partial charge in [0.05, 0.1) is 0 Å². The van der Waals surface area contributed by atoms with E-state index in [0.29, 0.717) is 34.9 Å².